The largest absolute Gasteiger partial charge is 0.508 e. The molecule has 2 aromatic carbocycles. The average Bonchev–Trinajstić information content (AvgIpc) is 3.03. The summed E-state index contributed by atoms with van der Waals surface area (Å²) >= 11 is 0. The van der Waals surface area contributed by atoms with E-state index in [1.165, 1.54) is 17.0 Å². The standard InChI is InChI=1S/C28H36N2O5/c1-7-35-22-13-12-19(17-21(22)28(2,3)4)25(32)23-24(18-10-8-11-20(31)16-18)30(27(34)26(23)33)15-9-14-29(5)6/h8,10-13,16-17,24,31-32H,7,9,14-15H2,1-6H3/b25-23-. The molecule has 1 amide bonds. The van der Waals surface area contributed by atoms with Gasteiger partial charge in [0, 0.05) is 17.7 Å². The molecule has 1 fully saturated rings. The number of aromatic hydroxyl groups is 1. The third kappa shape index (κ3) is 5.68. The van der Waals surface area contributed by atoms with Crippen molar-refractivity contribution < 1.29 is 24.5 Å². The Morgan fingerprint density at radius 2 is 1.83 bits per heavy atom. The minimum atomic E-state index is -0.797. The number of aliphatic hydroxyl groups is 1. The Morgan fingerprint density at radius 1 is 1.11 bits per heavy atom. The van der Waals surface area contributed by atoms with E-state index < -0.39 is 17.7 Å². The van der Waals surface area contributed by atoms with E-state index in [1.54, 1.807) is 24.3 Å². The number of phenols is 1. The Labute approximate surface area is 207 Å². The first-order valence-electron chi connectivity index (χ1n) is 12.0. The van der Waals surface area contributed by atoms with E-state index in [-0.39, 0.29) is 22.5 Å². The van der Waals surface area contributed by atoms with Gasteiger partial charge < -0.3 is 24.7 Å². The van der Waals surface area contributed by atoms with Gasteiger partial charge in [-0.2, -0.15) is 0 Å². The van der Waals surface area contributed by atoms with Crippen molar-refractivity contribution >= 4 is 17.4 Å². The smallest absolute Gasteiger partial charge is 0.295 e. The first-order valence-corrected chi connectivity index (χ1v) is 12.0. The van der Waals surface area contributed by atoms with Gasteiger partial charge in [-0.25, -0.2) is 0 Å². The average molecular weight is 481 g/mol. The van der Waals surface area contributed by atoms with Crippen molar-refractivity contribution in [2.24, 2.45) is 0 Å². The van der Waals surface area contributed by atoms with Crippen LogP contribution in [0.25, 0.3) is 5.76 Å². The first-order chi connectivity index (χ1) is 16.5. The number of ketones is 1. The van der Waals surface area contributed by atoms with Crippen molar-refractivity contribution in [3.05, 3.63) is 64.7 Å². The lowest BCUT2D eigenvalue weighted by Gasteiger charge is -2.26. The molecule has 1 saturated heterocycles. The fraction of sp³-hybridized carbons (Fsp3) is 0.429. The molecule has 35 heavy (non-hydrogen) atoms. The second-order valence-electron chi connectivity index (χ2n) is 10.1. The highest BCUT2D eigenvalue weighted by molar-refractivity contribution is 6.46. The SMILES string of the molecule is CCOc1ccc(/C(O)=C2/C(=O)C(=O)N(CCCN(C)C)C2c2cccc(O)c2)cc1C(C)(C)C. The third-order valence-electron chi connectivity index (χ3n) is 6.09. The monoisotopic (exact) mass is 480 g/mol. The minimum Gasteiger partial charge on any atom is -0.508 e. The lowest BCUT2D eigenvalue weighted by molar-refractivity contribution is -0.139. The number of Topliss-reactive ketones (excluding diaryl/α,β-unsaturated/α-hetero) is 1. The molecule has 0 aliphatic carbocycles. The molecule has 1 heterocycles. The van der Waals surface area contributed by atoms with Crippen molar-refractivity contribution in [2.45, 2.75) is 45.6 Å². The molecule has 0 saturated carbocycles. The Balaban J connectivity index is 2.16. The first kappa shape index (κ1) is 26.3. The highest BCUT2D eigenvalue weighted by Gasteiger charge is 2.46. The van der Waals surface area contributed by atoms with E-state index in [0.717, 1.165) is 12.1 Å². The summed E-state index contributed by atoms with van der Waals surface area (Å²) in [6.45, 7) is 9.64. The zero-order valence-corrected chi connectivity index (χ0v) is 21.5. The normalized spacial score (nSPS) is 17.9. The number of aliphatic hydroxyl groups excluding tert-OH is 1. The van der Waals surface area contributed by atoms with Gasteiger partial charge in [0.15, 0.2) is 0 Å². The number of carbonyl (C=O) groups excluding carboxylic acids is 2. The predicted octanol–water partition coefficient (Wildman–Crippen LogP) is 4.46. The molecule has 1 aliphatic rings. The Morgan fingerprint density at radius 3 is 2.43 bits per heavy atom. The van der Waals surface area contributed by atoms with E-state index in [4.69, 9.17) is 4.74 Å². The maximum atomic E-state index is 13.2. The Kier molecular flexibility index (Phi) is 7.90. The summed E-state index contributed by atoms with van der Waals surface area (Å²) in [4.78, 5) is 29.8. The van der Waals surface area contributed by atoms with Crippen LogP contribution in [0.2, 0.25) is 0 Å². The van der Waals surface area contributed by atoms with Crippen LogP contribution in [0.15, 0.2) is 48.0 Å². The van der Waals surface area contributed by atoms with E-state index >= 15 is 0 Å². The molecule has 3 rings (SSSR count). The summed E-state index contributed by atoms with van der Waals surface area (Å²) < 4.78 is 5.79. The molecule has 1 unspecified atom stereocenters. The van der Waals surface area contributed by atoms with Crippen LogP contribution in [0.5, 0.6) is 11.5 Å². The fourth-order valence-electron chi connectivity index (χ4n) is 4.41. The van der Waals surface area contributed by atoms with Gasteiger partial charge in [-0.05, 0) is 75.3 Å². The van der Waals surface area contributed by atoms with Gasteiger partial charge in [0.2, 0.25) is 0 Å². The van der Waals surface area contributed by atoms with Crippen molar-refractivity contribution in [3.63, 3.8) is 0 Å². The van der Waals surface area contributed by atoms with Crippen LogP contribution < -0.4 is 4.74 Å². The van der Waals surface area contributed by atoms with Crippen molar-refractivity contribution in [1.82, 2.24) is 9.80 Å². The molecule has 7 heteroatoms. The quantitative estimate of drug-likeness (QED) is 0.329. The van der Waals surface area contributed by atoms with Gasteiger partial charge in [0.25, 0.3) is 11.7 Å². The van der Waals surface area contributed by atoms with Crippen molar-refractivity contribution in [1.29, 1.82) is 0 Å². The highest BCUT2D eigenvalue weighted by atomic mass is 16.5. The Bertz CT molecular complexity index is 1130. The highest BCUT2D eigenvalue weighted by Crippen LogP contribution is 2.41. The van der Waals surface area contributed by atoms with E-state index in [2.05, 4.69) is 0 Å². The Hall–Kier alpha value is -3.32. The maximum absolute atomic E-state index is 13.2. The predicted molar refractivity (Wildman–Crippen MR) is 137 cm³/mol. The molecule has 7 nitrogen and oxygen atoms in total. The molecule has 0 radical (unpaired) electrons. The molecule has 0 spiro atoms. The van der Waals surface area contributed by atoms with Crippen LogP contribution >= 0.6 is 0 Å². The molecular weight excluding hydrogens is 444 g/mol. The molecule has 1 atom stereocenters. The number of ether oxygens (including phenoxy) is 1. The minimum absolute atomic E-state index is 0.0227. The van der Waals surface area contributed by atoms with E-state index in [9.17, 15) is 19.8 Å². The van der Waals surface area contributed by atoms with Crippen LogP contribution in [0.3, 0.4) is 0 Å². The van der Waals surface area contributed by atoms with Gasteiger partial charge in [-0.3, -0.25) is 9.59 Å². The number of carbonyl (C=O) groups is 2. The van der Waals surface area contributed by atoms with Crippen molar-refractivity contribution in [2.75, 3.05) is 33.8 Å². The molecule has 0 aromatic heterocycles. The zero-order chi connectivity index (χ0) is 25.9. The molecular formula is C28H36N2O5. The number of amides is 1. The number of benzene rings is 2. The van der Waals surface area contributed by atoms with Crippen LogP contribution in [-0.2, 0) is 15.0 Å². The van der Waals surface area contributed by atoms with Gasteiger partial charge in [-0.1, -0.05) is 32.9 Å². The lowest BCUT2D eigenvalue weighted by atomic mass is 9.84. The van der Waals surface area contributed by atoms with Crippen LogP contribution in [0.1, 0.15) is 56.8 Å². The molecule has 188 valence electrons. The second kappa shape index (κ2) is 10.5. The number of hydrogen-bond acceptors (Lipinski definition) is 6. The number of hydrogen-bond donors (Lipinski definition) is 2. The zero-order valence-electron chi connectivity index (χ0n) is 21.5. The topological polar surface area (TPSA) is 90.3 Å². The summed E-state index contributed by atoms with van der Waals surface area (Å²) in [6, 6.07) is 11.0. The molecule has 2 N–H and O–H groups in total. The summed E-state index contributed by atoms with van der Waals surface area (Å²) in [5, 5.41) is 21.5. The number of likely N-dealkylation sites (tertiary alicyclic amines) is 1. The summed E-state index contributed by atoms with van der Waals surface area (Å²) in [6.07, 6.45) is 0.659. The van der Waals surface area contributed by atoms with Gasteiger partial charge >= 0.3 is 0 Å². The second-order valence-corrected chi connectivity index (χ2v) is 10.1. The van der Waals surface area contributed by atoms with Gasteiger partial charge in [0.1, 0.15) is 17.3 Å². The van der Waals surface area contributed by atoms with Crippen LogP contribution in [-0.4, -0.2) is 65.5 Å². The number of nitrogens with zero attached hydrogens (tertiary/aromatic N) is 2. The number of phenolic OH excluding ortho intramolecular Hbond substituents is 1. The summed E-state index contributed by atoms with van der Waals surface area (Å²) in [7, 11) is 3.89. The van der Waals surface area contributed by atoms with Crippen LogP contribution in [0, 0.1) is 0 Å². The molecule has 1 aliphatic heterocycles. The van der Waals surface area contributed by atoms with Crippen molar-refractivity contribution in [3.8, 4) is 11.5 Å². The molecule has 0 bridgehead atoms. The fourth-order valence-corrected chi connectivity index (χ4v) is 4.41. The van der Waals surface area contributed by atoms with Gasteiger partial charge in [-0.15, -0.1) is 0 Å². The molecule has 2 aromatic rings. The van der Waals surface area contributed by atoms with E-state index in [1.807, 2.05) is 52.8 Å². The number of rotatable bonds is 8. The third-order valence-corrected chi connectivity index (χ3v) is 6.09. The maximum Gasteiger partial charge on any atom is 0.295 e. The summed E-state index contributed by atoms with van der Waals surface area (Å²) in [5.41, 5.74) is 1.64. The van der Waals surface area contributed by atoms with Gasteiger partial charge in [0.05, 0.1) is 18.2 Å². The lowest BCUT2D eigenvalue weighted by Crippen LogP contribution is -2.32. The van der Waals surface area contributed by atoms with E-state index in [0.29, 0.717) is 36.4 Å². The summed E-state index contributed by atoms with van der Waals surface area (Å²) in [5.74, 6) is -0.879. The van der Waals surface area contributed by atoms with Crippen LogP contribution in [0.4, 0.5) is 0 Å².